The van der Waals surface area contributed by atoms with E-state index in [9.17, 15) is 9.90 Å². The second-order valence-corrected chi connectivity index (χ2v) is 5.45. The van der Waals surface area contributed by atoms with Gasteiger partial charge in [-0.05, 0) is 45.9 Å². The Hall–Kier alpha value is -1.06. The molecule has 0 fully saturated rings. The van der Waals surface area contributed by atoms with Gasteiger partial charge in [0.25, 0.3) is 0 Å². The van der Waals surface area contributed by atoms with Gasteiger partial charge < -0.3 is 10.0 Å². The Morgan fingerprint density at radius 1 is 1.44 bits per heavy atom. The molecule has 0 bridgehead atoms. The van der Waals surface area contributed by atoms with Crippen LogP contribution in [0.15, 0.2) is 18.2 Å². The SMILES string of the molecule is CCN(CC(C)(C)O)c1ccc(C(C)=O)c(Cl)c1. The molecule has 0 spiro atoms. The highest BCUT2D eigenvalue weighted by Gasteiger charge is 2.18. The summed E-state index contributed by atoms with van der Waals surface area (Å²) in [6, 6.07) is 5.36. The molecular weight excluding hydrogens is 250 g/mol. The number of likely N-dealkylation sites (N-methyl/N-ethyl adjacent to an activating group) is 1. The van der Waals surface area contributed by atoms with Crippen molar-refractivity contribution in [3.05, 3.63) is 28.8 Å². The van der Waals surface area contributed by atoms with Crippen molar-refractivity contribution in [1.29, 1.82) is 0 Å². The predicted molar refractivity (Wildman–Crippen MR) is 75.6 cm³/mol. The zero-order valence-corrected chi connectivity index (χ0v) is 12.1. The number of hydrogen-bond acceptors (Lipinski definition) is 3. The monoisotopic (exact) mass is 269 g/mol. The van der Waals surface area contributed by atoms with Crippen molar-refractivity contribution < 1.29 is 9.90 Å². The van der Waals surface area contributed by atoms with Crippen molar-refractivity contribution in [3.63, 3.8) is 0 Å². The summed E-state index contributed by atoms with van der Waals surface area (Å²) in [4.78, 5) is 13.3. The molecule has 1 rings (SSSR count). The molecule has 4 heteroatoms. The molecule has 0 radical (unpaired) electrons. The molecule has 0 aliphatic heterocycles. The summed E-state index contributed by atoms with van der Waals surface area (Å²) in [5.41, 5.74) is 0.663. The van der Waals surface area contributed by atoms with Crippen LogP contribution in [0, 0.1) is 0 Å². The first-order chi connectivity index (χ1) is 8.24. The van der Waals surface area contributed by atoms with E-state index in [0.29, 0.717) is 17.1 Å². The van der Waals surface area contributed by atoms with E-state index in [2.05, 4.69) is 0 Å². The van der Waals surface area contributed by atoms with Gasteiger partial charge in [-0.25, -0.2) is 0 Å². The van der Waals surface area contributed by atoms with Crippen LogP contribution in [-0.2, 0) is 0 Å². The number of aliphatic hydroxyl groups is 1. The van der Waals surface area contributed by atoms with Gasteiger partial charge >= 0.3 is 0 Å². The summed E-state index contributed by atoms with van der Waals surface area (Å²) >= 11 is 6.09. The number of carbonyl (C=O) groups is 1. The van der Waals surface area contributed by atoms with E-state index in [4.69, 9.17) is 11.6 Å². The van der Waals surface area contributed by atoms with Crippen LogP contribution >= 0.6 is 11.6 Å². The average Bonchev–Trinajstić information content (AvgIpc) is 2.24. The fourth-order valence-electron chi connectivity index (χ4n) is 1.84. The van der Waals surface area contributed by atoms with Crippen LogP contribution in [0.4, 0.5) is 5.69 Å². The summed E-state index contributed by atoms with van der Waals surface area (Å²) in [5, 5.41) is 10.3. The zero-order chi connectivity index (χ0) is 13.9. The zero-order valence-electron chi connectivity index (χ0n) is 11.3. The maximum Gasteiger partial charge on any atom is 0.161 e. The predicted octanol–water partition coefficient (Wildman–Crippen LogP) is 3.14. The van der Waals surface area contributed by atoms with Crippen molar-refractivity contribution >= 4 is 23.1 Å². The van der Waals surface area contributed by atoms with E-state index in [1.165, 1.54) is 6.92 Å². The van der Waals surface area contributed by atoms with Crippen LogP contribution in [0.5, 0.6) is 0 Å². The molecule has 0 atom stereocenters. The molecule has 0 aliphatic rings. The molecule has 0 heterocycles. The molecule has 0 unspecified atom stereocenters. The summed E-state index contributed by atoms with van der Waals surface area (Å²) in [5.74, 6) is -0.0444. The molecule has 1 aromatic rings. The Kier molecular flexibility index (Phi) is 4.77. The maximum absolute atomic E-state index is 11.3. The third-order valence-electron chi connectivity index (χ3n) is 2.66. The number of hydrogen-bond donors (Lipinski definition) is 1. The number of Topliss-reactive ketones (excluding diaryl/α,β-unsaturated/α-hetero) is 1. The normalized spacial score (nSPS) is 11.4. The van der Waals surface area contributed by atoms with E-state index in [0.717, 1.165) is 12.2 Å². The molecule has 0 aromatic heterocycles. The molecule has 18 heavy (non-hydrogen) atoms. The number of carbonyl (C=O) groups excluding carboxylic acids is 1. The van der Waals surface area contributed by atoms with Crippen molar-refractivity contribution in [2.45, 2.75) is 33.3 Å². The Balaban J connectivity index is 3.01. The second kappa shape index (κ2) is 5.72. The van der Waals surface area contributed by atoms with Crippen molar-refractivity contribution in [2.75, 3.05) is 18.0 Å². The van der Waals surface area contributed by atoms with E-state index in [1.54, 1.807) is 26.0 Å². The van der Waals surface area contributed by atoms with Crippen LogP contribution in [0.1, 0.15) is 38.1 Å². The van der Waals surface area contributed by atoms with E-state index < -0.39 is 5.60 Å². The molecule has 0 saturated heterocycles. The fraction of sp³-hybridized carbons (Fsp3) is 0.500. The van der Waals surface area contributed by atoms with Gasteiger partial charge in [-0.1, -0.05) is 11.6 Å². The lowest BCUT2D eigenvalue weighted by Crippen LogP contribution is -2.38. The summed E-state index contributed by atoms with van der Waals surface area (Å²) in [7, 11) is 0. The van der Waals surface area contributed by atoms with E-state index in [1.807, 2.05) is 17.9 Å². The Bertz CT molecular complexity index is 438. The summed E-state index contributed by atoms with van der Waals surface area (Å²) < 4.78 is 0. The lowest BCUT2D eigenvalue weighted by atomic mass is 10.1. The highest BCUT2D eigenvalue weighted by Crippen LogP contribution is 2.25. The lowest BCUT2D eigenvalue weighted by molar-refractivity contribution is 0.0875. The van der Waals surface area contributed by atoms with Crippen molar-refractivity contribution in [1.82, 2.24) is 0 Å². The lowest BCUT2D eigenvalue weighted by Gasteiger charge is -2.30. The molecule has 0 amide bonds. The van der Waals surface area contributed by atoms with E-state index >= 15 is 0 Å². The average molecular weight is 270 g/mol. The minimum absolute atomic E-state index is 0.0444. The molecular formula is C14H20ClNO2. The van der Waals surface area contributed by atoms with Gasteiger partial charge in [0.1, 0.15) is 0 Å². The first-order valence-electron chi connectivity index (χ1n) is 6.02. The third kappa shape index (κ3) is 4.00. The molecule has 3 nitrogen and oxygen atoms in total. The first-order valence-corrected chi connectivity index (χ1v) is 6.40. The van der Waals surface area contributed by atoms with Gasteiger partial charge in [-0.3, -0.25) is 4.79 Å². The smallest absolute Gasteiger partial charge is 0.161 e. The maximum atomic E-state index is 11.3. The first kappa shape index (κ1) is 15.0. The fourth-order valence-corrected chi connectivity index (χ4v) is 2.15. The number of nitrogens with zero attached hydrogens (tertiary/aromatic N) is 1. The molecule has 0 aliphatic carbocycles. The van der Waals surface area contributed by atoms with Crippen LogP contribution in [-0.4, -0.2) is 29.6 Å². The minimum Gasteiger partial charge on any atom is -0.389 e. The Labute approximate surface area is 113 Å². The molecule has 1 N–H and O–H groups in total. The minimum atomic E-state index is -0.776. The Morgan fingerprint density at radius 2 is 2.06 bits per heavy atom. The van der Waals surface area contributed by atoms with E-state index in [-0.39, 0.29) is 5.78 Å². The van der Waals surface area contributed by atoms with Crippen LogP contribution in [0.3, 0.4) is 0 Å². The van der Waals surface area contributed by atoms with Gasteiger partial charge in [0.05, 0.1) is 10.6 Å². The standard InChI is InChI=1S/C14H20ClNO2/c1-5-16(9-14(3,4)18)11-6-7-12(10(2)17)13(15)8-11/h6-8,18H,5,9H2,1-4H3. The molecule has 100 valence electrons. The number of benzene rings is 1. The van der Waals surface area contributed by atoms with Crippen LogP contribution in [0.25, 0.3) is 0 Å². The summed E-state index contributed by atoms with van der Waals surface area (Å²) in [6.07, 6.45) is 0. The van der Waals surface area contributed by atoms with Gasteiger partial charge in [0.2, 0.25) is 0 Å². The Morgan fingerprint density at radius 3 is 2.44 bits per heavy atom. The highest BCUT2D eigenvalue weighted by atomic mass is 35.5. The summed E-state index contributed by atoms with van der Waals surface area (Å²) in [6.45, 7) is 8.31. The van der Waals surface area contributed by atoms with Crippen molar-refractivity contribution in [2.24, 2.45) is 0 Å². The van der Waals surface area contributed by atoms with Gasteiger partial charge in [-0.15, -0.1) is 0 Å². The van der Waals surface area contributed by atoms with Gasteiger partial charge in [0, 0.05) is 24.3 Å². The largest absolute Gasteiger partial charge is 0.389 e. The topological polar surface area (TPSA) is 40.5 Å². The number of anilines is 1. The third-order valence-corrected chi connectivity index (χ3v) is 2.97. The number of halogens is 1. The van der Waals surface area contributed by atoms with Crippen LogP contribution in [0.2, 0.25) is 5.02 Å². The van der Waals surface area contributed by atoms with Crippen LogP contribution < -0.4 is 4.90 Å². The number of ketones is 1. The quantitative estimate of drug-likeness (QED) is 0.835. The second-order valence-electron chi connectivity index (χ2n) is 5.05. The van der Waals surface area contributed by atoms with Crippen molar-refractivity contribution in [3.8, 4) is 0 Å². The highest BCUT2D eigenvalue weighted by molar-refractivity contribution is 6.34. The number of rotatable bonds is 5. The molecule has 1 aromatic carbocycles. The van der Waals surface area contributed by atoms with Gasteiger partial charge in [0.15, 0.2) is 5.78 Å². The molecule has 0 saturated carbocycles. The van der Waals surface area contributed by atoms with Gasteiger partial charge in [-0.2, -0.15) is 0 Å².